The van der Waals surface area contributed by atoms with Gasteiger partial charge in [-0.1, -0.05) is 58.6 Å². The van der Waals surface area contributed by atoms with Crippen LogP contribution in [0, 0.1) is 40.4 Å². The molecule has 1 aliphatic heterocycles. The quantitative estimate of drug-likeness (QED) is 0.505. The number of esters is 1. The predicted octanol–water partition coefficient (Wildman–Crippen LogP) is 4.70. The second kappa shape index (κ2) is 9.63. The molecule has 6 aliphatic rings. The van der Waals surface area contributed by atoms with Crippen LogP contribution in [0.3, 0.4) is 0 Å². The molecule has 0 aromatic rings. The van der Waals surface area contributed by atoms with Gasteiger partial charge in [-0.25, -0.2) is 0 Å². The number of hydrogen-bond acceptors (Lipinski definition) is 7. The highest BCUT2D eigenvalue weighted by Gasteiger charge is 2.76. The highest BCUT2D eigenvalue weighted by molar-refractivity contribution is 6.01. The number of ketones is 2. The zero-order valence-electron chi connectivity index (χ0n) is 23.8. The SMILES string of the molecule is CC(C)C(=O)OCC(=O)[C@@]12O[C@@H](C3CCCCC3)O[C@@H]1C[C@@H]1[C@@H]3CCC4=CC(=O)C=C[C@]4(C)[C@@H]3[C@@H](O)C[C@@]12C. The van der Waals surface area contributed by atoms with Gasteiger partial charge in [0.15, 0.2) is 24.3 Å². The summed E-state index contributed by atoms with van der Waals surface area (Å²) in [4.78, 5) is 38.7. The van der Waals surface area contributed by atoms with E-state index in [-0.39, 0.29) is 53.2 Å². The summed E-state index contributed by atoms with van der Waals surface area (Å²) >= 11 is 0. The van der Waals surface area contributed by atoms with Crippen molar-refractivity contribution >= 4 is 17.5 Å². The van der Waals surface area contributed by atoms with Crippen LogP contribution in [0.15, 0.2) is 23.8 Å². The summed E-state index contributed by atoms with van der Waals surface area (Å²) < 4.78 is 19.0. The Balaban J connectivity index is 1.35. The van der Waals surface area contributed by atoms with Gasteiger partial charge in [0.05, 0.1) is 18.1 Å². The maximum atomic E-state index is 14.2. The van der Waals surface area contributed by atoms with Gasteiger partial charge in [-0.2, -0.15) is 0 Å². The Morgan fingerprint density at radius 3 is 2.62 bits per heavy atom. The highest BCUT2D eigenvalue weighted by atomic mass is 16.7. The van der Waals surface area contributed by atoms with Crippen LogP contribution in [0.4, 0.5) is 0 Å². The van der Waals surface area contributed by atoms with E-state index in [2.05, 4.69) is 13.8 Å². The summed E-state index contributed by atoms with van der Waals surface area (Å²) in [6.07, 6.45) is 12.2. The Morgan fingerprint density at radius 2 is 1.90 bits per heavy atom. The van der Waals surface area contributed by atoms with Gasteiger partial charge in [0, 0.05) is 22.7 Å². The Bertz CT molecular complexity index is 1100. The van der Waals surface area contributed by atoms with E-state index < -0.39 is 35.5 Å². The van der Waals surface area contributed by atoms with E-state index in [1.54, 1.807) is 26.0 Å². The Kier molecular flexibility index (Phi) is 6.75. The van der Waals surface area contributed by atoms with Crippen LogP contribution >= 0.6 is 0 Å². The number of allylic oxidation sites excluding steroid dienone is 4. The lowest BCUT2D eigenvalue weighted by Crippen LogP contribution is -2.63. The maximum Gasteiger partial charge on any atom is 0.308 e. The number of hydrogen-bond donors (Lipinski definition) is 1. The second-order valence-electron chi connectivity index (χ2n) is 13.9. The lowest BCUT2D eigenvalue weighted by Gasteiger charge is -2.59. The van der Waals surface area contributed by atoms with Crippen LogP contribution in [-0.2, 0) is 28.6 Å². The molecule has 0 bridgehead atoms. The number of ether oxygens (including phenoxy) is 3. The minimum Gasteiger partial charge on any atom is -0.457 e. The van der Waals surface area contributed by atoms with E-state index in [0.717, 1.165) is 44.1 Å². The molecule has 1 heterocycles. The lowest BCUT2D eigenvalue weighted by atomic mass is 9.46. The van der Waals surface area contributed by atoms with Crippen LogP contribution in [0.1, 0.15) is 85.5 Å². The third-order valence-corrected chi connectivity index (χ3v) is 11.5. The first kappa shape index (κ1) is 27.3. The minimum absolute atomic E-state index is 0.0162. The van der Waals surface area contributed by atoms with E-state index in [9.17, 15) is 19.5 Å². The van der Waals surface area contributed by atoms with Crippen LogP contribution < -0.4 is 0 Å². The largest absolute Gasteiger partial charge is 0.457 e. The Labute approximate surface area is 231 Å². The molecule has 0 aromatic heterocycles. The van der Waals surface area contributed by atoms with Crippen LogP contribution in [-0.4, -0.2) is 53.3 Å². The number of carbonyl (C=O) groups excluding carboxylic acids is 3. The molecule has 7 heteroatoms. The molecule has 0 amide bonds. The number of Topliss-reactive ketones (excluding diaryl/α,β-unsaturated/α-hetero) is 1. The van der Waals surface area contributed by atoms with Crippen molar-refractivity contribution in [3.63, 3.8) is 0 Å². The molecule has 39 heavy (non-hydrogen) atoms. The summed E-state index contributed by atoms with van der Waals surface area (Å²) in [6, 6.07) is 0. The zero-order valence-corrected chi connectivity index (χ0v) is 23.8. The third kappa shape index (κ3) is 3.97. The summed E-state index contributed by atoms with van der Waals surface area (Å²) in [5, 5.41) is 11.9. The van der Waals surface area contributed by atoms with Crippen LogP contribution in [0.25, 0.3) is 0 Å². The Hall–Kier alpha value is -1.83. The summed E-state index contributed by atoms with van der Waals surface area (Å²) in [5.74, 6) is -0.471. The van der Waals surface area contributed by atoms with Crippen molar-refractivity contribution < 1.29 is 33.7 Å². The van der Waals surface area contributed by atoms with Gasteiger partial charge in [0.2, 0.25) is 5.78 Å². The van der Waals surface area contributed by atoms with Crippen LogP contribution in [0.2, 0.25) is 0 Å². The molecule has 0 unspecified atom stereocenters. The molecule has 5 aliphatic carbocycles. The number of aliphatic hydroxyl groups is 1. The third-order valence-electron chi connectivity index (χ3n) is 11.5. The monoisotopic (exact) mass is 540 g/mol. The smallest absolute Gasteiger partial charge is 0.308 e. The molecular formula is C32H44O7. The fourth-order valence-electron chi connectivity index (χ4n) is 9.62. The normalized spacial score (nSPS) is 45.3. The van der Waals surface area contributed by atoms with Gasteiger partial charge < -0.3 is 19.3 Å². The highest BCUT2D eigenvalue weighted by Crippen LogP contribution is 2.70. The molecule has 0 radical (unpaired) electrons. The Morgan fingerprint density at radius 1 is 1.15 bits per heavy atom. The van der Waals surface area contributed by atoms with Crippen molar-refractivity contribution in [3.8, 4) is 0 Å². The van der Waals surface area contributed by atoms with E-state index in [0.29, 0.717) is 12.8 Å². The van der Waals surface area contributed by atoms with Crippen molar-refractivity contribution in [2.45, 2.75) is 110 Å². The van der Waals surface area contributed by atoms with Crippen molar-refractivity contribution in [1.29, 1.82) is 0 Å². The molecule has 6 rings (SSSR count). The molecule has 9 atom stereocenters. The average Bonchev–Trinajstić information content (AvgIpc) is 3.41. The number of aliphatic hydroxyl groups excluding tert-OH is 1. The minimum atomic E-state index is -1.25. The van der Waals surface area contributed by atoms with Gasteiger partial charge in [-0.05, 0) is 62.5 Å². The topological polar surface area (TPSA) is 99.1 Å². The van der Waals surface area contributed by atoms with Crippen molar-refractivity contribution in [1.82, 2.24) is 0 Å². The summed E-state index contributed by atoms with van der Waals surface area (Å²) in [5.41, 5.74) is -1.19. The van der Waals surface area contributed by atoms with Crippen molar-refractivity contribution in [2.24, 2.45) is 40.4 Å². The van der Waals surface area contributed by atoms with Crippen molar-refractivity contribution in [3.05, 3.63) is 23.8 Å². The molecule has 7 nitrogen and oxygen atoms in total. The van der Waals surface area contributed by atoms with E-state index in [4.69, 9.17) is 14.2 Å². The second-order valence-corrected chi connectivity index (χ2v) is 13.9. The molecular weight excluding hydrogens is 496 g/mol. The van der Waals surface area contributed by atoms with Gasteiger partial charge in [0.25, 0.3) is 0 Å². The lowest BCUT2D eigenvalue weighted by molar-refractivity contribution is -0.210. The number of carbonyl (C=O) groups is 3. The van der Waals surface area contributed by atoms with Crippen molar-refractivity contribution in [2.75, 3.05) is 6.61 Å². The molecule has 5 fully saturated rings. The molecule has 1 saturated heterocycles. The molecule has 0 aromatic carbocycles. The zero-order chi connectivity index (χ0) is 27.7. The molecule has 1 N–H and O–H groups in total. The van der Waals surface area contributed by atoms with Gasteiger partial charge in [-0.3, -0.25) is 14.4 Å². The summed E-state index contributed by atoms with van der Waals surface area (Å²) in [6.45, 7) is 7.44. The van der Waals surface area contributed by atoms with Gasteiger partial charge in [-0.15, -0.1) is 0 Å². The standard InChI is InChI=1S/C32H44O7/c1-18(2)28(36)37-17-25(35)32-26(38-29(39-32)19-8-6-5-7-9-19)15-23-22-11-10-20-14-21(33)12-13-30(20,3)27(22)24(34)16-31(23,32)4/h12-14,18-19,22-24,26-27,29,34H,5-11,15-17H2,1-4H3/t22-,23+,24-,26+,27-,29-,30-,31-,32+/m0/s1. The van der Waals surface area contributed by atoms with E-state index >= 15 is 0 Å². The fraction of sp³-hybridized carbons (Fsp3) is 0.781. The number of rotatable bonds is 5. The molecule has 4 saturated carbocycles. The van der Waals surface area contributed by atoms with Crippen LogP contribution in [0.5, 0.6) is 0 Å². The fourth-order valence-corrected chi connectivity index (χ4v) is 9.62. The summed E-state index contributed by atoms with van der Waals surface area (Å²) in [7, 11) is 0. The maximum absolute atomic E-state index is 14.2. The first-order valence-corrected chi connectivity index (χ1v) is 15.2. The first-order valence-electron chi connectivity index (χ1n) is 15.2. The average molecular weight is 541 g/mol. The van der Waals surface area contributed by atoms with E-state index in [1.807, 2.05) is 6.08 Å². The van der Waals surface area contributed by atoms with Gasteiger partial charge >= 0.3 is 5.97 Å². The first-order chi connectivity index (χ1) is 18.5. The van der Waals surface area contributed by atoms with E-state index in [1.165, 1.54) is 6.42 Å². The molecule has 0 spiro atoms. The molecule has 214 valence electrons. The predicted molar refractivity (Wildman–Crippen MR) is 143 cm³/mol. The van der Waals surface area contributed by atoms with Gasteiger partial charge in [0.1, 0.15) is 0 Å². The number of fused-ring (bicyclic) bond motifs is 7.